The fraction of sp³-hybridized carbons (Fsp3) is 0.647. The molecule has 0 amide bonds. The maximum Gasteiger partial charge on any atom is 0.0481 e. The Labute approximate surface area is 123 Å². The largest absolute Gasteiger partial charge is 0.312 e. The molecule has 1 aliphatic carbocycles. The molecule has 1 heterocycles. The highest BCUT2D eigenvalue weighted by Crippen LogP contribution is 2.35. The Bertz CT molecular complexity index is 459. The lowest BCUT2D eigenvalue weighted by molar-refractivity contribution is 0.0537. The Morgan fingerprint density at radius 1 is 1.25 bits per heavy atom. The van der Waals surface area contributed by atoms with Crippen molar-refractivity contribution in [2.75, 3.05) is 33.7 Å². The van der Waals surface area contributed by atoms with Crippen molar-refractivity contribution in [3.63, 3.8) is 0 Å². The first kappa shape index (κ1) is 14.1. The van der Waals surface area contributed by atoms with Crippen molar-refractivity contribution < 1.29 is 0 Å². The second-order valence-electron chi connectivity index (χ2n) is 6.27. The summed E-state index contributed by atoms with van der Waals surface area (Å²) in [7, 11) is 4.37. The molecule has 1 aromatic carbocycles. The van der Waals surface area contributed by atoms with Crippen molar-refractivity contribution in [2.45, 2.75) is 37.9 Å². The van der Waals surface area contributed by atoms with Gasteiger partial charge in [-0.3, -0.25) is 4.90 Å². The molecule has 3 unspecified atom stereocenters. The smallest absolute Gasteiger partial charge is 0.0481 e. The number of nitrogens with zero attached hydrogens (tertiary/aromatic N) is 2. The third-order valence-corrected chi connectivity index (χ3v) is 5.26. The first-order valence-corrected chi connectivity index (χ1v) is 7.94. The Balaban J connectivity index is 1.78. The summed E-state index contributed by atoms with van der Waals surface area (Å²) in [5.74, 6) is 0. The summed E-state index contributed by atoms with van der Waals surface area (Å²) in [6.07, 6.45) is 2.44. The van der Waals surface area contributed by atoms with Gasteiger partial charge in [-0.15, -0.1) is 0 Å². The van der Waals surface area contributed by atoms with E-state index in [-0.39, 0.29) is 0 Å². The minimum atomic E-state index is 0.493. The summed E-state index contributed by atoms with van der Waals surface area (Å²) < 4.78 is 0. The average molecular weight is 273 g/mol. The monoisotopic (exact) mass is 273 g/mol. The second kappa shape index (κ2) is 5.84. The van der Waals surface area contributed by atoms with Crippen LogP contribution < -0.4 is 5.32 Å². The summed E-state index contributed by atoms with van der Waals surface area (Å²) in [6, 6.07) is 10.8. The minimum Gasteiger partial charge on any atom is -0.312 e. The van der Waals surface area contributed by atoms with Crippen molar-refractivity contribution in [2.24, 2.45) is 0 Å². The number of fused-ring (bicyclic) bond motifs is 1. The number of hydrogen-bond donors (Lipinski definition) is 1. The van der Waals surface area contributed by atoms with E-state index < -0.39 is 0 Å². The molecule has 1 saturated heterocycles. The number of rotatable bonds is 3. The van der Waals surface area contributed by atoms with E-state index in [0.717, 1.165) is 0 Å². The van der Waals surface area contributed by atoms with Gasteiger partial charge in [0.15, 0.2) is 0 Å². The molecule has 0 radical (unpaired) electrons. The maximum atomic E-state index is 3.56. The van der Waals surface area contributed by atoms with Crippen LogP contribution in [0, 0.1) is 0 Å². The highest BCUT2D eigenvalue weighted by atomic mass is 15.3. The van der Waals surface area contributed by atoms with E-state index in [9.17, 15) is 0 Å². The van der Waals surface area contributed by atoms with Crippen LogP contribution in [0.4, 0.5) is 0 Å². The number of hydrogen-bond acceptors (Lipinski definition) is 3. The molecule has 1 N–H and O–H groups in total. The first-order chi connectivity index (χ1) is 9.74. The molecule has 3 rings (SSSR count). The molecule has 1 fully saturated rings. The van der Waals surface area contributed by atoms with Crippen molar-refractivity contribution in [1.29, 1.82) is 0 Å². The molecule has 20 heavy (non-hydrogen) atoms. The topological polar surface area (TPSA) is 18.5 Å². The standard InChI is InChI=1S/C17H27N3/c1-4-14-12-20(10-9-19(14)3)16-11-13-7-5-6-8-15(13)17(16)18-2/h5-8,14,16-18H,4,9-12H2,1-3H3. The Morgan fingerprint density at radius 2 is 2.05 bits per heavy atom. The summed E-state index contributed by atoms with van der Waals surface area (Å²) in [4.78, 5) is 5.24. The lowest BCUT2D eigenvalue weighted by Gasteiger charge is -2.43. The molecule has 1 aromatic rings. The highest BCUT2D eigenvalue weighted by molar-refractivity contribution is 5.37. The lowest BCUT2D eigenvalue weighted by Crippen LogP contribution is -2.56. The van der Waals surface area contributed by atoms with E-state index in [0.29, 0.717) is 18.1 Å². The second-order valence-corrected chi connectivity index (χ2v) is 6.27. The normalized spacial score (nSPS) is 31.4. The quantitative estimate of drug-likeness (QED) is 0.907. The van der Waals surface area contributed by atoms with Crippen LogP contribution in [-0.4, -0.2) is 55.6 Å². The van der Waals surface area contributed by atoms with Crippen LogP contribution in [-0.2, 0) is 6.42 Å². The summed E-state index contributed by atoms with van der Waals surface area (Å²) in [5, 5.41) is 3.56. The molecular formula is C17H27N3. The van der Waals surface area contributed by atoms with Crippen molar-refractivity contribution in [3.8, 4) is 0 Å². The zero-order valence-electron chi connectivity index (χ0n) is 13.0. The van der Waals surface area contributed by atoms with Gasteiger partial charge in [0.05, 0.1) is 0 Å². The molecular weight excluding hydrogens is 246 g/mol. The van der Waals surface area contributed by atoms with Gasteiger partial charge in [0, 0.05) is 37.8 Å². The number of benzene rings is 1. The minimum absolute atomic E-state index is 0.493. The van der Waals surface area contributed by atoms with E-state index in [1.54, 1.807) is 0 Å². The molecule has 0 spiro atoms. The maximum absolute atomic E-state index is 3.56. The van der Waals surface area contributed by atoms with Crippen LogP contribution in [0.15, 0.2) is 24.3 Å². The molecule has 0 saturated carbocycles. The Kier molecular flexibility index (Phi) is 4.11. The molecule has 2 aliphatic rings. The van der Waals surface area contributed by atoms with Gasteiger partial charge in [0.2, 0.25) is 0 Å². The zero-order chi connectivity index (χ0) is 14.1. The average Bonchev–Trinajstić information content (AvgIpc) is 2.86. The first-order valence-electron chi connectivity index (χ1n) is 7.94. The third-order valence-electron chi connectivity index (χ3n) is 5.26. The van der Waals surface area contributed by atoms with Crippen LogP contribution in [0.5, 0.6) is 0 Å². The van der Waals surface area contributed by atoms with Gasteiger partial charge in [-0.2, -0.15) is 0 Å². The predicted octanol–water partition coefficient (Wildman–Crippen LogP) is 1.90. The van der Waals surface area contributed by atoms with Gasteiger partial charge in [0.1, 0.15) is 0 Å². The predicted molar refractivity (Wildman–Crippen MR) is 84.0 cm³/mol. The van der Waals surface area contributed by atoms with Crippen LogP contribution in [0.2, 0.25) is 0 Å². The summed E-state index contributed by atoms with van der Waals surface area (Å²) in [6.45, 7) is 5.92. The summed E-state index contributed by atoms with van der Waals surface area (Å²) >= 11 is 0. The highest BCUT2D eigenvalue weighted by Gasteiger charge is 2.37. The third kappa shape index (κ3) is 2.39. The number of piperazine rings is 1. The van der Waals surface area contributed by atoms with Crippen LogP contribution in [0.3, 0.4) is 0 Å². The van der Waals surface area contributed by atoms with Gasteiger partial charge in [0.25, 0.3) is 0 Å². The van der Waals surface area contributed by atoms with Gasteiger partial charge in [-0.05, 0) is 38.1 Å². The zero-order valence-corrected chi connectivity index (χ0v) is 13.0. The van der Waals surface area contributed by atoms with Crippen LogP contribution >= 0.6 is 0 Å². The van der Waals surface area contributed by atoms with Crippen molar-refractivity contribution in [1.82, 2.24) is 15.1 Å². The molecule has 3 atom stereocenters. The van der Waals surface area contributed by atoms with E-state index in [4.69, 9.17) is 0 Å². The van der Waals surface area contributed by atoms with Crippen LogP contribution in [0.25, 0.3) is 0 Å². The Morgan fingerprint density at radius 3 is 2.80 bits per heavy atom. The van der Waals surface area contributed by atoms with E-state index >= 15 is 0 Å². The van der Waals surface area contributed by atoms with E-state index in [1.807, 2.05) is 0 Å². The molecule has 3 heteroatoms. The lowest BCUT2D eigenvalue weighted by atomic mass is 10.0. The molecule has 110 valence electrons. The van der Waals surface area contributed by atoms with Gasteiger partial charge < -0.3 is 10.2 Å². The fourth-order valence-corrected chi connectivity index (χ4v) is 3.97. The van der Waals surface area contributed by atoms with Crippen LogP contribution in [0.1, 0.15) is 30.5 Å². The molecule has 0 aromatic heterocycles. The van der Waals surface area contributed by atoms with Gasteiger partial charge >= 0.3 is 0 Å². The van der Waals surface area contributed by atoms with E-state index in [2.05, 4.69) is 60.4 Å². The van der Waals surface area contributed by atoms with Crippen molar-refractivity contribution in [3.05, 3.63) is 35.4 Å². The van der Waals surface area contributed by atoms with E-state index in [1.165, 1.54) is 43.6 Å². The van der Waals surface area contributed by atoms with Gasteiger partial charge in [-0.1, -0.05) is 31.2 Å². The molecule has 3 nitrogen and oxygen atoms in total. The number of likely N-dealkylation sites (N-methyl/N-ethyl adjacent to an activating group) is 2. The molecule has 1 aliphatic heterocycles. The SMILES string of the molecule is CCC1CN(C2Cc3ccccc3C2NC)CCN1C. The van der Waals surface area contributed by atoms with Gasteiger partial charge in [-0.25, -0.2) is 0 Å². The Hall–Kier alpha value is -0.900. The number of nitrogens with one attached hydrogen (secondary N) is 1. The molecule has 0 bridgehead atoms. The summed E-state index contributed by atoms with van der Waals surface area (Å²) in [5.41, 5.74) is 3.04. The fourth-order valence-electron chi connectivity index (χ4n) is 3.97. The van der Waals surface area contributed by atoms with Crippen molar-refractivity contribution >= 4 is 0 Å².